The van der Waals surface area contributed by atoms with Gasteiger partial charge in [0.2, 0.25) is 0 Å². The van der Waals surface area contributed by atoms with Crippen molar-refractivity contribution >= 4 is 23.4 Å². The Morgan fingerprint density at radius 2 is 1.64 bits per heavy atom. The van der Waals surface area contributed by atoms with Crippen molar-refractivity contribution < 1.29 is 14.3 Å². The van der Waals surface area contributed by atoms with Crippen molar-refractivity contribution in [3.8, 4) is 5.75 Å². The van der Waals surface area contributed by atoms with Crippen LogP contribution in [0.25, 0.3) is 0 Å². The topological polar surface area (TPSA) is 49.9 Å². The zero-order valence-corrected chi connectivity index (χ0v) is 17.0. The third-order valence-electron chi connectivity index (χ3n) is 4.90. The number of benzene rings is 2. The highest BCUT2D eigenvalue weighted by atomic mass is 35.5. The van der Waals surface area contributed by atoms with E-state index < -0.39 is 0 Å². The molecule has 1 aliphatic heterocycles. The van der Waals surface area contributed by atoms with E-state index >= 15 is 0 Å². The fourth-order valence-electron chi connectivity index (χ4n) is 3.13. The fourth-order valence-corrected chi connectivity index (χ4v) is 3.26. The van der Waals surface area contributed by atoms with Gasteiger partial charge in [-0.2, -0.15) is 0 Å². The average Bonchev–Trinajstić information content (AvgIpc) is 2.72. The maximum atomic E-state index is 12.5. The summed E-state index contributed by atoms with van der Waals surface area (Å²) in [6, 6.07) is 14.7. The second kappa shape index (κ2) is 9.11. The first-order valence-electron chi connectivity index (χ1n) is 9.49. The molecule has 0 atom stereocenters. The summed E-state index contributed by atoms with van der Waals surface area (Å²) in [5.41, 5.74) is 1.79. The predicted octanol–water partition coefficient (Wildman–Crippen LogP) is 3.83. The number of carbonyl (C=O) groups excluding carboxylic acids is 2. The zero-order valence-electron chi connectivity index (χ0n) is 16.2. The number of rotatable bonds is 5. The van der Waals surface area contributed by atoms with Gasteiger partial charge >= 0.3 is 0 Å². The van der Waals surface area contributed by atoms with Crippen molar-refractivity contribution in [2.45, 2.75) is 19.8 Å². The molecular weight excluding hydrogens is 376 g/mol. The van der Waals surface area contributed by atoms with Crippen LogP contribution in [0.5, 0.6) is 5.75 Å². The van der Waals surface area contributed by atoms with Crippen LogP contribution in [-0.4, -0.2) is 54.4 Å². The Kier molecular flexibility index (Phi) is 6.57. The minimum Gasteiger partial charge on any atom is -0.484 e. The second-order valence-electron chi connectivity index (χ2n) is 7.20. The highest BCUT2D eigenvalue weighted by molar-refractivity contribution is 6.30. The van der Waals surface area contributed by atoms with Crippen molar-refractivity contribution in [2.75, 3.05) is 32.8 Å². The normalized spacial score (nSPS) is 14.3. The van der Waals surface area contributed by atoms with Crippen LogP contribution in [0.2, 0.25) is 5.02 Å². The third kappa shape index (κ3) is 5.04. The summed E-state index contributed by atoms with van der Waals surface area (Å²) < 4.78 is 5.68. The maximum Gasteiger partial charge on any atom is 0.260 e. The first-order valence-corrected chi connectivity index (χ1v) is 9.87. The van der Waals surface area contributed by atoms with Gasteiger partial charge in [0.1, 0.15) is 5.75 Å². The molecule has 1 saturated heterocycles. The molecule has 0 N–H and O–H groups in total. The Labute approximate surface area is 170 Å². The lowest BCUT2D eigenvalue weighted by molar-refractivity contribution is -0.134. The zero-order chi connectivity index (χ0) is 20.1. The molecule has 5 nitrogen and oxygen atoms in total. The molecule has 2 aromatic rings. The molecule has 0 aliphatic carbocycles. The molecule has 0 saturated carbocycles. The molecule has 2 aromatic carbocycles. The van der Waals surface area contributed by atoms with Crippen LogP contribution in [-0.2, 0) is 4.79 Å². The molecule has 0 bridgehead atoms. The number of ether oxygens (including phenoxy) is 1. The predicted molar refractivity (Wildman–Crippen MR) is 110 cm³/mol. The third-order valence-corrected chi connectivity index (χ3v) is 5.15. The number of amides is 2. The van der Waals surface area contributed by atoms with Gasteiger partial charge in [-0.1, -0.05) is 37.6 Å². The SMILES string of the molecule is CC(C)c1cccc(OCC(=O)N2CCN(C(=O)c3ccc(Cl)cc3)CC2)c1. The minimum atomic E-state index is -0.0615. The van der Waals surface area contributed by atoms with E-state index in [9.17, 15) is 9.59 Å². The van der Waals surface area contributed by atoms with Crippen LogP contribution in [0, 0.1) is 0 Å². The van der Waals surface area contributed by atoms with E-state index in [-0.39, 0.29) is 18.4 Å². The number of halogens is 1. The van der Waals surface area contributed by atoms with Gasteiger partial charge in [0.15, 0.2) is 6.61 Å². The Morgan fingerprint density at radius 1 is 1.00 bits per heavy atom. The number of carbonyl (C=O) groups is 2. The molecule has 1 aliphatic rings. The summed E-state index contributed by atoms with van der Waals surface area (Å²) in [4.78, 5) is 28.5. The summed E-state index contributed by atoms with van der Waals surface area (Å²) in [6.07, 6.45) is 0. The van der Waals surface area contributed by atoms with Gasteiger partial charge in [-0.25, -0.2) is 0 Å². The molecule has 6 heteroatoms. The molecule has 0 unspecified atom stereocenters. The van der Waals surface area contributed by atoms with E-state index in [0.29, 0.717) is 48.4 Å². The van der Waals surface area contributed by atoms with Gasteiger partial charge < -0.3 is 14.5 Å². The summed E-state index contributed by atoms with van der Waals surface area (Å²) in [5, 5.41) is 0.603. The highest BCUT2D eigenvalue weighted by Crippen LogP contribution is 2.20. The van der Waals surface area contributed by atoms with Crippen LogP contribution in [0.1, 0.15) is 35.7 Å². The second-order valence-corrected chi connectivity index (χ2v) is 7.63. The van der Waals surface area contributed by atoms with Gasteiger partial charge in [-0.15, -0.1) is 0 Å². The van der Waals surface area contributed by atoms with Gasteiger partial charge in [0.05, 0.1) is 0 Å². The number of piperazine rings is 1. The van der Waals surface area contributed by atoms with Crippen molar-refractivity contribution in [2.24, 2.45) is 0 Å². The Balaban J connectivity index is 1.49. The monoisotopic (exact) mass is 400 g/mol. The average molecular weight is 401 g/mol. The first-order chi connectivity index (χ1) is 13.4. The van der Waals surface area contributed by atoms with E-state index in [1.807, 2.05) is 18.2 Å². The molecule has 1 heterocycles. The Morgan fingerprint density at radius 3 is 2.29 bits per heavy atom. The van der Waals surface area contributed by atoms with E-state index in [4.69, 9.17) is 16.3 Å². The standard InChI is InChI=1S/C22H25ClN2O3/c1-16(2)18-4-3-5-20(14-18)28-15-21(26)24-10-12-25(13-11-24)22(27)17-6-8-19(23)9-7-17/h3-9,14,16H,10-13,15H2,1-2H3. The minimum absolute atomic E-state index is 0.00663. The molecular formula is C22H25ClN2O3. The van der Waals surface area contributed by atoms with Crippen LogP contribution in [0.3, 0.4) is 0 Å². The maximum absolute atomic E-state index is 12.5. The molecule has 0 spiro atoms. The first kappa shape index (κ1) is 20.2. The summed E-state index contributed by atoms with van der Waals surface area (Å²) in [6.45, 7) is 6.28. The van der Waals surface area contributed by atoms with Gasteiger partial charge in [0.25, 0.3) is 11.8 Å². The van der Waals surface area contributed by atoms with Gasteiger partial charge in [-0.05, 0) is 47.9 Å². The van der Waals surface area contributed by atoms with E-state index in [1.165, 1.54) is 5.56 Å². The lowest BCUT2D eigenvalue weighted by Crippen LogP contribution is -2.51. The Bertz CT molecular complexity index is 828. The molecule has 1 fully saturated rings. The quantitative estimate of drug-likeness (QED) is 0.766. The van der Waals surface area contributed by atoms with Crippen LogP contribution in [0.4, 0.5) is 0 Å². The summed E-state index contributed by atoms with van der Waals surface area (Å²) in [7, 11) is 0. The van der Waals surface area contributed by atoms with Crippen LogP contribution >= 0.6 is 11.6 Å². The summed E-state index contributed by atoms with van der Waals surface area (Å²) >= 11 is 5.87. The fraction of sp³-hybridized carbons (Fsp3) is 0.364. The van der Waals surface area contributed by atoms with Gasteiger partial charge in [-0.3, -0.25) is 9.59 Å². The number of hydrogen-bond acceptors (Lipinski definition) is 3. The van der Waals surface area contributed by atoms with E-state index in [1.54, 1.807) is 34.1 Å². The molecule has 0 radical (unpaired) electrons. The van der Waals surface area contributed by atoms with Gasteiger partial charge in [0, 0.05) is 36.8 Å². The summed E-state index contributed by atoms with van der Waals surface area (Å²) in [5.74, 6) is 1.01. The van der Waals surface area contributed by atoms with Crippen molar-refractivity contribution in [3.63, 3.8) is 0 Å². The van der Waals surface area contributed by atoms with Crippen molar-refractivity contribution in [1.29, 1.82) is 0 Å². The lowest BCUT2D eigenvalue weighted by atomic mass is 10.0. The van der Waals surface area contributed by atoms with Crippen molar-refractivity contribution in [1.82, 2.24) is 9.80 Å². The van der Waals surface area contributed by atoms with E-state index in [0.717, 1.165) is 0 Å². The Hall–Kier alpha value is -2.53. The smallest absolute Gasteiger partial charge is 0.260 e. The molecule has 28 heavy (non-hydrogen) atoms. The van der Waals surface area contributed by atoms with E-state index in [2.05, 4.69) is 19.9 Å². The van der Waals surface area contributed by atoms with Crippen molar-refractivity contribution in [3.05, 3.63) is 64.7 Å². The molecule has 148 valence electrons. The number of hydrogen-bond donors (Lipinski definition) is 0. The number of nitrogens with zero attached hydrogens (tertiary/aromatic N) is 2. The lowest BCUT2D eigenvalue weighted by Gasteiger charge is -2.34. The molecule has 0 aromatic heterocycles. The largest absolute Gasteiger partial charge is 0.484 e. The highest BCUT2D eigenvalue weighted by Gasteiger charge is 2.25. The molecule has 3 rings (SSSR count). The van der Waals surface area contributed by atoms with Crippen LogP contribution < -0.4 is 4.74 Å². The molecule has 2 amide bonds. The van der Waals surface area contributed by atoms with Crippen LogP contribution in [0.15, 0.2) is 48.5 Å².